The fourth-order valence-electron chi connectivity index (χ4n) is 2.32. The van der Waals surface area contributed by atoms with E-state index in [1.807, 2.05) is 69.3 Å². The first kappa shape index (κ1) is 16.5. The molecule has 0 heterocycles. The van der Waals surface area contributed by atoms with Gasteiger partial charge in [0.05, 0.1) is 6.04 Å². The highest BCUT2D eigenvalue weighted by atomic mass is 35.5. The number of amides is 1. The summed E-state index contributed by atoms with van der Waals surface area (Å²) in [6.07, 6.45) is 0. The van der Waals surface area contributed by atoms with E-state index in [4.69, 9.17) is 11.6 Å². The molecule has 0 saturated carbocycles. The molecule has 22 heavy (non-hydrogen) atoms. The minimum absolute atomic E-state index is 0.00804. The Labute approximate surface area is 136 Å². The molecule has 0 spiro atoms. The maximum absolute atomic E-state index is 12.3. The van der Waals surface area contributed by atoms with E-state index >= 15 is 0 Å². The van der Waals surface area contributed by atoms with E-state index < -0.39 is 0 Å². The van der Waals surface area contributed by atoms with Gasteiger partial charge < -0.3 is 5.32 Å². The van der Waals surface area contributed by atoms with Gasteiger partial charge in [0.2, 0.25) is 5.91 Å². The maximum atomic E-state index is 12.3. The minimum Gasteiger partial charge on any atom is -0.324 e. The second-order valence-electron chi connectivity index (χ2n) is 5.44. The number of para-hydroxylation sites is 1. The van der Waals surface area contributed by atoms with Gasteiger partial charge in [0, 0.05) is 16.8 Å². The van der Waals surface area contributed by atoms with Crippen molar-refractivity contribution in [2.45, 2.75) is 32.9 Å². The molecule has 0 aliphatic heterocycles. The first-order valence-corrected chi connectivity index (χ1v) is 7.74. The molecule has 2 unspecified atom stereocenters. The van der Waals surface area contributed by atoms with Crippen molar-refractivity contribution in [3.63, 3.8) is 0 Å². The van der Waals surface area contributed by atoms with Gasteiger partial charge in [0.25, 0.3) is 0 Å². The Hall–Kier alpha value is -1.84. The Kier molecular flexibility index (Phi) is 5.58. The van der Waals surface area contributed by atoms with Gasteiger partial charge in [-0.15, -0.1) is 0 Å². The van der Waals surface area contributed by atoms with E-state index in [-0.39, 0.29) is 18.0 Å². The Morgan fingerprint density at radius 1 is 1.05 bits per heavy atom. The molecule has 3 nitrogen and oxygen atoms in total. The van der Waals surface area contributed by atoms with Crippen molar-refractivity contribution in [2.24, 2.45) is 0 Å². The van der Waals surface area contributed by atoms with Gasteiger partial charge in [-0.25, -0.2) is 0 Å². The summed E-state index contributed by atoms with van der Waals surface area (Å²) in [5.41, 5.74) is 2.87. The molecular formula is C18H21ClN2O. The number of carbonyl (C=O) groups is 1. The van der Waals surface area contributed by atoms with E-state index in [9.17, 15) is 4.79 Å². The lowest BCUT2D eigenvalue weighted by atomic mass is 10.1. The number of anilines is 1. The molecule has 0 aliphatic rings. The van der Waals surface area contributed by atoms with Crippen molar-refractivity contribution < 1.29 is 4.79 Å². The molecule has 0 aliphatic carbocycles. The molecule has 0 radical (unpaired) electrons. The number of halogens is 1. The number of benzene rings is 2. The van der Waals surface area contributed by atoms with Crippen LogP contribution in [0.2, 0.25) is 5.02 Å². The number of nitrogens with one attached hydrogen (secondary N) is 2. The molecule has 2 aromatic carbocycles. The molecule has 0 bridgehead atoms. The van der Waals surface area contributed by atoms with Crippen molar-refractivity contribution >= 4 is 23.2 Å². The lowest BCUT2D eigenvalue weighted by molar-refractivity contribution is -0.117. The molecule has 0 saturated heterocycles. The van der Waals surface area contributed by atoms with E-state index in [1.54, 1.807) is 0 Å². The van der Waals surface area contributed by atoms with Crippen molar-refractivity contribution in [3.05, 3.63) is 64.7 Å². The third kappa shape index (κ3) is 4.09. The molecule has 0 fully saturated rings. The summed E-state index contributed by atoms with van der Waals surface area (Å²) in [4.78, 5) is 12.3. The smallest absolute Gasteiger partial charge is 0.241 e. The van der Waals surface area contributed by atoms with Gasteiger partial charge in [0.1, 0.15) is 0 Å². The summed E-state index contributed by atoms with van der Waals surface area (Å²) >= 11 is 6.19. The predicted molar refractivity (Wildman–Crippen MR) is 92.3 cm³/mol. The van der Waals surface area contributed by atoms with Crippen molar-refractivity contribution in [2.75, 3.05) is 5.32 Å². The fourth-order valence-corrected chi connectivity index (χ4v) is 2.62. The molecule has 2 atom stereocenters. The highest BCUT2D eigenvalue weighted by Crippen LogP contribution is 2.22. The van der Waals surface area contributed by atoms with Gasteiger partial charge in [0.15, 0.2) is 0 Å². The van der Waals surface area contributed by atoms with Gasteiger partial charge >= 0.3 is 0 Å². The van der Waals surface area contributed by atoms with Gasteiger partial charge in [-0.3, -0.25) is 10.1 Å². The van der Waals surface area contributed by atoms with Crippen molar-refractivity contribution in [3.8, 4) is 0 Å². The standard InChI is InChI=1S/C18H21ClN2O/c1-12-8-4-7-11-17(12)21-18(22)14(3)20-13(2)15-9-5-6-10-16(15)19/h4-11,13-14,20H,1-3H3,(H,21,22). The van der Waals surface area contributed by atoms with Gasteiger partial charge in [-0.05, 0) is 44.0 Å². The van der Waals surface area contributed by atoms with E-state index in [1.165, 1.54) is 0 Å². The van der Waals surface area contributed by atoms with Gasteiger partial charge in [-0.1, -0.05) is 48.0 Å². The summed E-state index contributed by atoms with van der Waals surface area (Å²) in [5, 5.41) is 6.93. The van der Waals surface area contributed by atoms with Crippen molar-refractivity contribution in [1.82, 2.24) is 5.32 Å². The fraction of sp³-hybridized carbons (Fsp3) is 0.278. The van der Waals surface area contributed by atoms with Crippen molar-refractivity contribution in [1.29, 1.82) is 0 Å². The zero-order valence-corrected chi connectivity index (χ0v) is 13.8. The normalized spacial score (nSPS) is 13.5. The SMILES string of the molecule is Cc1ccccc1NC(=O)C(C)NC(C)c1ccccc1Cl. The third-order valence-electron chi connectivity index (χ3n) is 3.67. The lowest BCUT2D eigenvalue weighted by Gasteiger charge is -2.21. The number of rotatable bonds is 5. The molecule has 1 amide bonds. The van der Waals surface area contributed by atoms with Crippen LogP contribution in [-0.4, -0.2) is 11.9 Å². The van der Waals surface area contributed by atoms with Crippen LogP contribution in [0.15, 0.2) is 48.5 Å². The molecule has 116 valence electrons. The third-order valence-corrected chi connectivity index (χ3v) is 4.01. The van der Waals surface area contributed by atoms with Crippen LogP contribution in [0, 0.1) is 6.92 Å². The van der Waals surface area contributed by atoms with E-state index in [0.29, 0.717) is 5.02 Å². The first-order chi connectivity index (χ1) is 10.5. The lowest BCUT2D eigenvalue weighted by Crippen LogP contribution is -2.39. The average molecular weight is 317 g/mol. The Bertz CT molecular complexity index is 657. The molecule has 4 heteroatoms. The van der Waals surface area contributed by atoms with Crippen LogP contribution in [0.3, 0.4) is 0 Å². The van der Waals surface area contributed by atoms with Crippen LogP contribution in [0.25, 0.3) is 0 Å². The Balaban J connectivity index is 2.00. The minimum atomic E-state index is -0.328. The molecular weight excluding hydrogens is 296 g/mol. The number of carbonyl (C=O) groups excluding carboxylic acids is 1. The topological polar surface area (TPSA) is 41.1 Å². The molecule has 2 N–H and O–H groups in total. The Morgan fingerprint density at radius 2 is 1.68 bits per heavy atom. The average Bonchev–Trinajstić information content (AvgIpc) is 2.49. The highest BCUT2D eigenvalue weighted by Gasteiger charge is 2.18. The Morgan fingerprint density at radius 3 is 2.36 bits per heavy atom. The van der Waals surface area contributed by atoms with Crippen LogP contribution in [0.4, 0.5) is 5.69 Å². The van der Waals surface area contributed by atoms with Crippen LogP contribution in [0.5, 0.6) is 0 Å². The zero-order valence-electron chi connectivity index (χ0n) is 13.1. The molecule has 0 aromatic heterocycles. The maximum Gasteiger partial charge on any atom is 0.241 e. The summed E-state index contributed by atoms with van der Waals surface area (Å²) in [6, 6.07) is 15.1. The summed E-state index contributed by atoms with van der Waals surface area (Å²) in [6.45, 7) is 5.82. The summed E-state index contributed by atoms with van der Waals surface area (Å²) in [5.74, 6) is -0.0618. The predicted octanol–water partition coefficient (Wildman–Crippen LogP) is 4.33. The van der Waals surface area contributed by atoms with Crippen LogP contribution in [-0.2, 0) is 4.79 Å². The number of hydrogen-bond donors (Lipinski definition) is 2. The van der Waals surface area contributed by atoms with E-state index in [2.05, 4.69) is 10.6 Å². The van der Waals surface area contributed by atoms with Crippen LogP contribution < -0.4 is 10.6 Å². The quantitative estimate of drug-likeness (QED) is 0.862. The van der Waals surface area contributed by atoms with Gasteiger partial charge in [-0.2, -0.15) is 0 Å². The molecule has 2 aromatic rings. The summed E-state index contributed by atoms with van der Waals surface area (Å²) in [7, 11) is 0. The first-order valence-electron chi connectivity index (χ1n) is 7.36. The number of hydrogen-bond acceptors (Lipinski definition) is 2. The second kappa shape index (κ2) is 7.43. The summed E-state index contributed by atoms with van der Waals surface area (Å²) < 4.78 is 0. The second-order valence-corrected chi connectivity index (χ2v) is 5.84. The van der Waals surface area contributed by atoms with Crippen LogP contribution >= 0.6 is 11.6 Å². The molecule has 2 rings (SSSR count). The largest absolute Gasteiger partial charge is 0.324 e. The highest BCUT2D eigenvalue weighted by molar-refractivity contribution is 6.31. The van der Waals surface area contributed by atoms with E-state index in [0.717, 1.165) is 16.8 Å². The monoisotopic (exact) mass is 316 g/mol. The zero-order chi connectivity index (χ0) is 16.1. The number of aryl methyl sites for hydroxylation is 1. The van der Waals surface area contributed by atoms with Crippen LogP contribution in [0.1, 0.15) is 31.0 Å².